The topological polar surface area (TPSA) is 46.9 Å². The predicted octanol–water partition coefficient (Wildman–Crippen LogP) is 3.96. The quantitative estimate of drug-likeness (QED) is 0.747. The van der Waals surface area contributed by atoms with Gasteiger partial charge in [0.05, 0.1) is 11.4 Å². The molecule has 4 nitrogen and oxygen atoms in total. The summed E-state index contributed by atoms with van der Waals surface area (Å²) in [6.45, 7) is 2.48. The number of hydrogen-bond donors (Lipinski definition) is 1. The van der Waals surface area contributed by atoms with Crippen molar-refractivity contribution in [2.45, 2.75) is 26.3 Å². The van der Waals surface area contributed by atoms with E-state index in [1.807, 2.05) is 78.5 Å². The SMILES string of the molecule is CCCC(=O)NCc1cn(-c2ccccc2)nc1-c1ccccc1. The third-order valence-electron chi connectivity index (χ3n) is 3.81. The molecular formula is C20H21N3O. The van der Waals surface area contributed by atoms with E-state index in [0.717, 1.165) is 28.9 Å². The van der Waals surface area contributed by atoms with Gasteiger partial charge in [0.2, 0.25) is 5.91 Å². The van der Waals surface area contributed by atoms with Gasteiger partial charge in [0.25, 0.3) is 0 Å². The van der Waals surface area contributed by atoms with Crippen LogP contribution in [0.1, 0.15) is 25.3 Å². The Morgan fingerprint density at radius 2 is 1.71 bits per heavy atom. The van der Waals surface area contributed by atoms with Crippen LogP contribution in [0.3, 0.4) is 0 Å². The van der Waals surface area contributed by atoms with Gasteiger partial charge in [0.15, 0.2) is 0 Å². The highest BCUT2D eigenvalue weighted by molar-refractivity contribution is 5.76. The summed E-state index contributed by atoms with van der Waals surface area (Å²) in [4.78, 5) is 11.8. The molecule has 0 bridgehead atoms. The van der Waals surface area contributed by atoms with Crippen LogP contribution in [0.4, 0.5) is 0 Å². The highest BCUT2D eigenvalue weighted by Crippen LogP contribution is 2.23. The maximum atomic E-state index is 11.8. The summed E-state index contributed by atoms with van der Waals surface area (Å²) in [5, 5.41) is 7.72. The van der Waals surface area contributed by atoms with Crippen molar-refractivity contribution in [2.75, 3.05) is 0 Å². The number of aromatic nitrogens is 2. The lowest BCUT2D eigenvalue weighted by molar-refractivity contribution is -0.121. The second kappa shape index (κ2) is 7.59. The molecule has 3 rings (SSSR count). The first kappa shape index (κ1) is 16.0. The van der Waals surface area contributed by atoms with E-state index in [2.05, 4.69) is 5.32 Å². The van der Waals surface area contributed by atoms with Gasteiger partial charge in [-0.05, 0) is 18.6 Å². The maximum absolute atomic E-state index is 11.8. The summed E-state index contributed by atoms with van der Waals surface area (Å²) in [5.41, 5.74) is 3.96. The van der Waals surface area contributed by atoms with Gasteiger partial charge in [-0.25, -0.2) is 4.68 Å². The molecule has 1 N–H and O–H groups in total. The summed E-state index contributed by atoms with van der Waals surface area (Å²) in [5.74, 6) is 0.0731. The zero-order valence-electron chi connectivity index (χ0n) is 13.8. The summed E-state index contributed by atoms with van der Waals surface area (Å²) < 4.78 is 1.86. The molecule has 0 fully saturated rings. The van der Waals surface area contributed by atoms with Crippen molar-refractivity contribution in [3.63, 3.8) is 0 Å². The number of nitrogens with one attached hydrogen (secondary N) is 1. The Hall–Kier alpha value is -2.88. The fraction of sp³-hybridized carbons (Fsp3) is 0.200. The van der Waals surface area contributed by atoms with Crippen LogP contribution in [0.5, 0.6) is 0 Å². The van der Waals surface area contributed by atoms with E-state index in [9.17, 15) is 4.79 Å². The third-order valence-corrected chi connectivity index (χ3v) is 3.81. The van der Waals surface area contributed by atoms with Crippen LogP contribution in [0.25, 0.3) is 16.9 Å². The largest absolute Gasteiger partial charge is 0.352 e. The van der Waals surface area contributed by atoms with Gasteiger partial charge in [0, 0.05) is 30.3 Å². The number of rotatable bonds is 6. The number of carbonyl (C=O) groups excluding carboxylic acids is 1. The maximum Gasteiger partial charge on any atom is 0.220 e. The Kier molecular flexibility index (Phi) is 5.06. The first-order chi connectivity index (χ1) is 11.8. The van der Waals surface area contributed by atoms with Crippen molar-refractivity contribution < 1.29 is 4.79 Å². The van der Waals surface area contributed by atoms with Crippen molar-refractivity contribution in [1.29, 1.82) is 0 Å². The van der Waals surface area contributed by atoms with Crippen LogP contribution in [0, 0.1) is 0 Å². The Bertz CT molecular complexity index is 794. The van der Waals surface area contributed by atoms with Crippen LogP contribution in [-0.2, 0) is 11.3 Å². The lowest BCUT2D eigenvalue weighted by Gasteiger charge is -2.04. The fourth-order valence-electron chi connectivity index (χ4n) is 2.60. The fourth-order valence-corrected chi connectivity index (χ4v) is 2.60. The Balaban J connectivity index is 1.93. The number of hydrogen-bond acceptors (Lipinski definition) is 2. The molecule has 0 aliphatic rings. The van der Waals surface area contributed by atoms with Gasteiger partial charge in [-0.15, -0.1) is 0 Å². The zero-order chi connectivity index (χ0) is 16.8. The van der Waals surface area contributed by atoms with E-state index in [4.69, 9.17) is 5.10 Å². The first-order valence-electron chi connectivity index (χ1n) is 8.24. The molecule has 0 spiro atoms. The average molecular weight is 319 g/mol. The second-order valence-corrected chi connectivity index (χ2v) is 5.68. The summed E-state index contributed by atoms with van der Waals surface area (Å²) in [6, 6.07) is 20.0. The molecule has 122 valence electrons. The number of amides is 1. The van der Waals surface area contributed by atoms with Gasteiger partial charge < -0.3 is 5.32 Å². The van der Waals surface area contributed by atoms with Crippen LogP contribution >= 0.6 is 0 Å². The van der Waals surface area contributed by atoms with Crippen LogP contribution < -0.4 is 5.32 Å². The van der Waals surface area contributed by atoms with Gasteiger partial charge >= 0.3 is 0 Å². The van der Waals surface area contributed by atoms with Gasteiger partial charge in [0.1, 0.15) is 0 Å². The van der Waals surface area contributed by atoms with E-state index in [1.54, 1.807) is 0 Å². The Labute approximate surface area is 142 Å². The monoisotopic (exact) mass is 319 g/mol. The third kappa shape index (κ3) is 3.71. The molecule has 0 aliphatic carbocycles. The zero-order valence-corrected chi connectivity index (χ0v) is 13.8. The molecule has 1 amide bonds. The van der Waals surface area contributed by atoms with Gasteiger partial charge in [-0.1, -0.05) is 55.5 Å². The highest BCUT2D eigenvalue weighted by atomic mass is 16.1. The predicted molar refractivity (Wildman–Crippen MR) is 95.8 cm³/mol. The van der Waals surface area contributed by atoms with E-state index < -0.39 is 0 Å². The molecular weight excluding hydrogens is 298 g/mol. The van der Waals surface area contributed by atoms with Gasteiger partial charge in [-0.3, -0.25) is 4.79 Å². The standard InChI is InChI=1S/C20H21N3O/c1-2-9-19(24)21-14-17-15-23(18-12-7-4-8-13-18)22-20(17)16-10-5-3-6-11-16/h3-8,10-13,15H,2,9,14H2,1H3,(H,21,24). The van der Waals surface area contributed by atoms with Crippen LogP contribution in [0.2, 0.25) is 0 Å². The highest BCUT2D eigenvalue weighted by Gasteiger charge is 2.12. The van der Waals surface area contributed by atoms with Crippen LogP contribution in [0.15, 0.2) is 66.9 Å². The molecule has 0 saturated heterocycles. The molecule has 1 heterocycles. The Morgan fingerprint density at radius 3 is 2.38 bits per heavy atom. The molecule has 4 heteroatoms. The molecule has 0 saturated carbocycles. The Morgan fingerprint density at radius 1 is 1.04 bits per heavy atom. The second-order valence-electron chi connectivity index (χ2n) is 5.68. The lowest BCUT2D eigenvalue weighted by Crippen LogP contribution is -2.22. The molecule has 0 radical (unpaired) electrons. The number of para-hydroxylation sites is 1. The normalized spacial score (nSPS) is 10.5. The van der Waals surface area contributed by atoms with Crippen molar-refractivity contribution in [1.82, 2.24) is 15.1 Å². The smallest absolute Gasteiger partial charge is 0.220 e. The molecule has 2 aromatic carbocycles. The number of benzene rings is 2. The first-order valence-corrected chi connectivity index (χ1v) is 8.24. The van der Waals surface area contributed by atoms with Gasteiger partial charge in [-0.2, -0.15) is 5.10 Å². The minimum Gasteiger partial charge on any atom is -0.352 e. The lowest BCUT2D eigenvalue weighted by atomic mass is 10.1. The average Bonchev–Trinajstić information content (AvgIpc) is 3.06. The van der Waals surface area contributed by atoms with Crippen molar-refractivity contribution in [2.24, 2.45) is 0 Å². The van der Waals surface area contributed by atoms with Crippen molar-refractivity contribution >= 4 is 5.91 Å². The number of carbonyl (C=O) groups is 1. The van der Waals surface area contributed by atoms with Crippen molar-refractivity contribution in [3.8, 4) is 16.9 Å². The van der Waals surface area contributed by atoms with E-state index in [-0.39, 0.29) is 5.91 Å². The summed E-state index contributed by atoms with van der Waals surface area (Å²) in [6.07, 6.45) is 3.39. The van der Waals surface area contributed by atoms with E-state index >= 15 is 0 Å². The minimum absolute atomic E-state index is 0.0731. The molecule has 0 unspecified atom stereocenters. The summed E-state index contributed by atoms with van der Waals surface area (Å²) >= 11 is 0. The minimum atomic E-state index is 0.0731. The van der Waals surface area contributed by atoms with E-state index in [1.165, 1.54) is 0 Å². The number of nitrogens with zero attached hydrogens (tertiary/aromatic N) is 2. The summed E-state index contributed by atoms with van der Waals surface area (Å²) in [7, 11) is 0. The molecule has 3 aromatic rings. The van der Waals surface area contributed by atoms with Crippen molar-refractivity contribution in [3.05, 3.63) is 72.4 Å². The molecule has 1 aromatic heterocycles. The molecule has 24 heavy (non-hydrogen) atoms. The molecule has 0 atom stereocenters. The molecule has 0 aliphatic heterocycles. The van der Waals surface area contributed by atoms with Crippen LogP contribution in [-0.4, -0.2) is 15.7 Å². The van der Waals surface area contributed by atoms with E-state index in [0.29, 0.717) is 13.0 Å².